The van der Waals surface area contributed by atoms with Gasteiger partial charge in [0.15, 0.2) is 0 Å². The van der Waals surface area contributed by atoms with Crippen molar-refractivity contribution in [2.24, 2.45) is 0 Å². The van der Waals surface area contributed by atoms with Crippen molar-refractivity contribution < 1.29 is 6.85 Å². The van der Waals surface area contributed by atoms with Crippen LogP contribution in [-0.4, -0.2) is 0 Å². The van der Waals surface area contributed by atoms with E-state index in [4.69, 9.17) is 6.85 Å². The summed E-state index contributed by atoms with van der Waals surface area (Å²) in [5, 5.41) is 2.42. The molecule has 0 unspecified atom stereocenters. The van der Waals surface area contributed by atoms with E-state index < -0.39 is 6.04 Å². The average molecular weight is 509 g/mol. The number of benzene rings is 6. The molecular formula is C36H25NS. The second kappa shape index (κ2) is 9.66. The molecule has 1 nitrogen and oxygen atoms in total. The Morgan fingerprint density at radius 2 is 1.00 bits per heavy atom. The van der Waals surface area contributed by atoms with Gasteiger partial charge in [-0.25, -0.2) is 0 Å². The van der Waals surface area contributed by atoms with E-state index in [2.05, 4.69) is 83.8 Å². The molecule has 2 heteroatoms. The van der Waals surface area contributed by atoms with E-state index in [1.807, 2.05) is 42.5 Å². The lowest BCUT2D eigenvalue weighted by Gasteiger charge is -2.26. The molecular weight excluding hydrogens is 478 g/mol. The normalized spacial score (nSPS) is 13.0. The summed E-state index contributed by atoms with van der Waals surface area (Å²) in [5.41, 5.74) is 5.91. The third-order valence-corrected chi connectivity index (χ3v) is 7.92. The molecule has 0 spiro atoms. The Kier molecular flexibility index (Phi) is 4.51. The number of hydrogen-bond acceptors (Lipinski definition) is 2. The molecule has 7 rings (SSSR count). The maximum absolute atomic E-state index is 8.42. The Hall–Kier alpha value is -4.66. The minimum Gasteiger partial charge on any atom is -0.310 e. The maximum atomic E-state index is 8.42. The molecule has 180 valence electrons. The van der Waals surface area contributed by atoms with E-state index in [9.17, 15) is 0 Å². The van der Waals surface area contributed by atoms with Gasteiger partial charge in [-0.05, 0) is 70.8 Å². The molecule has 0 saturated carbocycles. The first-order valence-electron chi connectivity index (χ1n) is 14.9. The summed E-state index contributed by atoms with van der Waals surface area (Å²) in [7, 11) is 0. The zero-order chi connectivity index (χ0) is 29.7. The van der Waals surface area contributed by atoms with Crippen LogP contribution in [0.15, 0.2) is 152 Å². The molecule has 6 aromatic carbocycles. The van der Waals surface area contributed by atoms with E-state index in [1.165, 1.54) is 20.2 Å². The summed E-state index contributed by atoms with van der Waals surface area (Å²) in [4.78, 5) is 2.19. The van der Waals surface area contributed by atoms with Crippen molar-refractivity contribution in [3.8, 4) is 22.3 Å². The summed E-state index contributed by atoms with van der Waals surface area (Å²) >= 11 is 1.78. The van der Waals surface area contributed by atoms with Crippen molar-refractivity contribution in [1.82, 2.24) is 0 Å². The number of nitrogens with zero attached hydrogens (tertiary/aromatic N) is 1. The van der Waals surface area contributed by atoms with Gasteiger partial charge < -0.3 is 4.90 Å². The number of anilines is 3. The number of hydrogen-bond donors (Lipinski definition) is 0. The predicted molar refractivity (Wildman–Crippen MR) is 165 cm³/mol. The summed E-state index contributed by atoms with van der Waals surface area (Å²) < 4.78 is 43.4. The number of fused-ring (bicyclic) bond motifs is 3. The van der Waals surface area contributed by atoms with Gasteiger partial charge in [0.25, 0.3) is 0 Å². The molecule has 1 heterocycles. The average Bonchev–Trinajstić information content (AvgIpc) is 3.43. The van der Waals surface area contributed by atoms with Crippen LogP contribution >= 0.6 is 11.3 Å². The standard InChI is InChI=1S/C36H25NS/c1-3-9-26(10-4-1)28-15-19-30(20-16-28)37(31-21-17-29(18-22-31)27-11-5-2-6-12-27)32-23-24-36-34(25-32)33-13-7-8-14-35(33)38-36/h1-25H/i1D,3D,4D,9D,10D. The Bertz CT molecular complexity index is 2090. The van der Waals surface area contributed by atoms with Gasteiger partial charge in [0.1, 0.15) is 0 Å². The van der Waals surface area contributed by atoms with Gasteiger partial charge >= 0.3 is 0 Å². The molecule has 0 saturated heterocycles. The van der Waals surface area contributed by atoms with Crippen molar-refractivity contribution >= 4 is 48.6 Å². The van der Waals surface area contributed by atoms with Gasteiger partial charge in [-0.2, -0.15) is 0 Å². The second-order valence-corrected chi connectivity index (χ2v) is 10.2. The molecule has 0 N–H and O–H groups in total. The molecule has 0 aliphatic carbocycles. The number of rotatable bonds is 5. The minimum atomic E-state index is -0.392. The van der Waals surface area contributed by atoms with E-state index >= 15 is 0 Å². The van der Waals surface area contributed by atoms with Gasteiger partial charge in [-0.15, -0.1) is 11.3 Å². The van der Waals surface area contributed by atoms with Crippen molar-refractivity contribution in [1.29, 1.82) is 0 Å². The van der Waals surface area contributed by atoms with Crippen LogP contribution in [-0.2, 0) is 0 Å². The van der Waals surface area contributed by atoms with Crippen LogP contribution in [0, 0.1) is 0 Å². The van der Waals surface area contributed by atoms with Gasteiger partial charge in [0.05, 0.1) is 6.85 Å². The Morgan fingerprint density at radius 3 is 1.71 bits per heavy atom. The minimum absolute atomic E-state index is 0.197. The predicted octanol–water partition coefficient (Wildman–Crippen LogP) is 10.9. The van der Waals surface area contributed by atoms with Crippen molar-refractivity contribution in [2.45, 2.75) is 0 Å². The molecule has 0 amide bonds. The summed E-state index contributed by atoms with van der Waals surface area (Å²) in [5.74, 6) is 0. The Morgan fingerprint density at radius 1 is 0.447 bits per heavy atom. The van der Waals surface area contributed by atoms with E-state index in [1.54, 1.807) is 11.3 Å². The molecule has 0 aliphatic heterocycles. The maximum Gasteiger partial charge on any atom is 0.0629 e. The fourth-order valence-corrected chi connectivity index (χ4v) is 5.99. The van der Waals surface area contributed by atoms with Crippen LogP contribution in [0.4, 0.5) is 17.1 Å². The highest BCUT2D eigenvalue weighted by Gasteiger charge is 2.15. The van der Waals surface area contributed by atoms with Gasteiger partial charge in [-0.1, -0.05) is 103 Å². The fraction of sp³-hybridized carbons (Fsp3) is 0. The lowest BCUT2D eigenvalue weighted by molar-refractivity contribution is 1.29. The first-order chi connectivity index (χ1) is 20.9. The highest BCUT2D eigenvalue weighted by molar-refractivity contribution is 7.25. The number of thiophene rings is 1. The summed E-state index contributed by atoms with van der Waals surface area (Å²) in [6.07, 6.45) is 0. The molecule has 0 aliphatic rings. The Balaban J connectivity index is 1.36. The van der Waals surface area contributed by atoms with Gasteiger partial charge in [0.2, 0.25) is 0 Å². The van der Waals surface area contributed by atoms with Gasteiger partial charge in [-0.3, -0.25) is 0 Å². The third-order valence-electron chi connectivity index (χ3n) is 6.77. The van der Waals surface area contributed by atoms with Crippen molar-refractivity contribution in [3.63, 3.8) is 0 Å². The fourth-order valence-electron chi connectivity index (χ4n) is 4.91. The topological polar surface area (TPSA) is 3.24 Å². The largest absolute Gasteiger partial charge is 0.310 e. The zero-order valence-corrected chi connectivity index (χ0v) is 21.2. The van der Waals surface area contributed by atoms with Crippen LogP contribution in [0.25, 0.3) is 42.4 Å². The SMILES string of the molecule is [2H]c1c([2H])c([2H])c(-c2ccc(N(c3ccc(-c4ccccc4)cc3)c3ccc4sc5ccccc5c4c3)cc2)c([2H])c1[2H]. The van der Waals surface area contributed by atoms with Gasteiger partial charge in [0, 0.05) is 37.2 Å². The smallest absolute Gasteiger partial charge is 0.0629 e. The third kappa shape index (κ3) is 4.15. The lowest BCUT2D eigenvalue weighted by atomic mass is 10.0. The summed E-state index contributed by atoms with van der Waals surface area (Å²) in [6, 6.07) is 39.8. The molecule has 0 radical (unpaired) electrons. The van der Waals surface area contributed by atoms with Crippen LogP contribution in [0.2, 0.25) is 0 Å². The van der Waals surface area contributed by atoms with Crippen LogP contribution < -0.4 is 4.90 Å². The first kappa shape index (κ1) is 17.7. The molecule has 0 fully saturated rings. The van der Waals surface area contributed by atoms with Crippen LogP contribution in [0.1, 0.15) is 6.85 Å². The lowest BCUT2D eigenvalue weighted by Crippen LogP contribution is -2.09. The second-order valence-electron chi connectivity index (χ2n) is 9.07. The van der Waals surface area contributed by atoms with Crippen molar-refractivity contribution in [2.75, 3.05) is 4.90 Å². The molecule has 0 bridgehead atoms. The van der Waals surface area contributed by atoms with Crippen molar-refractivity contribution in [3.05, 3.63) is 152 Å². The monoisotopic (exact) mass is 508 g/mol. The highest BCUT2D eigenvalue weighted by atomic mass is 32.1. The molecule has 7 aromatic rings. The van der Waals surface area contributed by atoms with E-state index in [0.29, 0.717) is 5.56 Å². The zero-order valence-electron chi connectivity index (χ0n) is 25.4. The van der Waals surface area contributed by atoms with E-state index in [-0.39, 0.29) is 29.7 Å². The van der Waals surface area contributed by atoms with Crippen LogP contribution in [0.3, 0.4) is 0 Å². The highest BCUT2D eigenvalue weighted by Crippen LogP contribution is 2.41. The molecule has 1 aromatic heterocycles. The summed E-state index contributed by atoms with van der Waals surface area (Å²) in [6.45, 7) is 0. The van der Waals surface area contributed by atoms with E-state index in [0.717, 1.165) is 28.2 Å². The Labute approximate surface area is 233 Å². The first-order valence-corrected chi connectivity index (χ1v) is 13.3. The molecule has 38 heavy (non-hydrogen) atoms. The quantitative estimate of drug-likeness (QED) is 0.223. The van der Waals surface area contributed by atoms with Crippen LogP contribution in [0.5, 0.6) is 0 Å². The molecule has 0 atom stereocenters.